The Morgan fingerprint density at radius 1 is 1.32 bits per heavy atom. The Morgan fingerprint density at radius 3 is 2.59 bits per heavy atom. The van der Waals surface area contributed by atoms with Gasteiger partial charge in [-0.1, -0.05) is 37.3 Å². The van der Waals surface area contributed by atoms with Crippen LogP contribution in [0, 0.1) is 11.8 Å². The Balaban J connectivity index is 1.82. The molecule has 0 bridgehead atoms. The third-order valence-electron chi connectivity index (χ3n) is 3.89. The molecule has 0 spiro atoms. The van der Waals surface area contributed by atoms with Crippen LogP contribution < -0.4 is 5.32 Å². The number of ether oxygens (including phenoxy) is 2. The van der Waals surface area contributed by atoms with Crippen molar-refractivity contribution in [3.63, 3.8) is 0 Å². The summed E-state index contributed by atoms with van der Waals surface area (Å²) < 4.78 is 10.2. The molecule has 2 rings (SSSR count). The van der Waals surface area contributed by atoms with Gasteiger partial charge >= 0.3 is 6.16 Å². The first-order chi connectivity index (χ1) is 10.5. The molecule has 6 nitrogen and oxygen atoms in total. The number of nitrogens with one attached hydrogen (secondary N) is 1. The lowest BCUT2D eigenvalue weighted by Gasteiger charge is -2.42. The summed E-state index contributed by atoms with van der Waals surface area (Å²) in [5.74, 6) is -0.714. The van der Waals surface area contributed by atoms with Crippen molar-refractivity contribution in [3.05, 3.63) is 35.9 Å². The van der Waals surface area contributed by atoms with Gasteiger partial charge in [0.05, 0.1) is 5.92 Å². The molecule has 120 valence electrons. The summed E-state index contributed by atoms with van der Waals surface area (Å²) in [5, 5.41) is 11.9. The van der Waals surface area contributed by atoms with Crippen molar-refractivity contribution < 1.29 is 24.2 Å². The molecule has 0 radical (unpaired) electrons. The van der Waals surface area contributed by atoms with Gasteiger partial charge in [0.25, 0.3) is 0 Å². The quantitative estimate of drug-likeness (QED) is 0.614. The van der Waals surface area contributed by atoms with Crippen LogP contribution >= 0.6 is 0 Å². The molecule has 1 saturated heterocycles. The van der Waals surface area contributed by atoms with Crippen molar-refractivity contribution in [1.82, 2.24) is 5.32 Å². The number of benzene rings is 1. The molecule has 0 saturated carbocycles. The number of β-lactam (4-membered cyclic amide) rings is 1. The number of carbonyl (C=O) groups excluding carboxylic acids is 2. The van der Waals surface area contributed by atoms with Crippen molar-refractivity contribution in [3.8, 4) is 0 Å². The lowest BCUT2D eigenvalue weighted by Crippen LogP contribution is -2.65. The van der Waals surface area contributed by atoms with Crippen molar-refractivity contribution in [2.24, 2.45) is 11.8 Å². The van der Waals surface area contributed by atoms with Crippen molar-refractivity contribution >= 4 is 12.1 Å². The number of hydrogen-bond donors (Lipinski definition) is 2. The first kappa shape index (κ1) is 16.3. The summed E-state index contributed by atoms with van der Waals surface area (Å²) in [7, 11) is 0. The number of aliphatic hydroxyl groups is 1. The van der Waals surface area contributed by atoms with Crippen LogP contribution in [0.2, 0.25) is 0 Å². The lowest BCUT2D eigenvalue weighted by molar-refractivity contribution is -0.144. The molecule has 1 aliphatic rings. The summed E-state index contributed by atoms with van der Waals surface area (Å²) in [6.07, 6.45) is -1.40. The van der Waals surface area contributed by atoms with Gasteiger partial charge in [-0.3, -0.25) is 4.79 Å². The Labute approximate surface area is 129 Å². The average Bonchev–Trinajstić information content (AvgIpc) is 2.50. The van der Waals surface area contributed by atoms with Gasteiger partial charge in [0.1, 0.15) is 12.7 Å². The first-order valence-electron chi connectivity index (χ1n) is 7.31. The Bertz CT molecular complexity index is 519. The standard InChI is InChI=1S/C16H21NO5/c1-10(8-18)14-13(15(19)17-14)11(2)22-16(20)21-9-12-6-4-3-5-7-12/h3-7,10-11,13-14,18H,8-9H2,1-2H3,(H,17,19)/t10-,11?,13?,14?/m0/s1. The van der Waals surface area contributed by atoms with E-state index in [2.05, 4.69) is 5.32 Å². The zero-order chi connectivity index (χ0) is 16.1. The van der Waals surface area contributed by atoms with Gasteiger partial charge in [-0.25, -0.2) is 4.79 Å². The predicted octanol–water partition coefficient (Wildman–Crippen LogP) is 1.47. The van der Waals surface area contributed by atoms with E-state index >= 15 is 0 Å². The summed E-state index contributed by atoms with van der Waals surface area (Å²) >= 11 is 0. The molecule has 0 aromatic heterocycles. The fraction of sp³-hybridized carbons (Fsp3) is 0.500. The highest BCUT2D eigenvalue weighted by atomic mass is 16.7. The third kappa shape index (κ3) is 3.76. The molecule has 1 heterocycles. The van der Waals surface area contributed by atoms with Crippen molar-refractivity contribution in [1.29, 1.82) is 0 Å². The topological polar surface area (TPSA) is 84.9 Å². The van der Waals surface area contributed by atoms with Crippen molar-refractivity contribution in [2.75, 3.05) is 6.61 Å². The number of aliphatic hydroxyl groups excluding tert-OH is 1. The fourth-order valence-corrected chi connectivity index (χ4v) is 2.51. The average molecular weight is 307 g/mol. The van der Waals surface area contributed by atoms with E-state index in [1.807, 2.05) is 37.3 Å². The summed E-state index contributed by atoms with van der Waals surface area (Å²) in [6, 6.07) is 9.08. The van der Waals surface area contributed by atoms with E-state index in [0.29, 0.717) is 0 Å². The molecule has 22 heavy (non-hydrogen) atoms. The van der Waals surface area contributed by atoms with Crippen LogP contribution in [-0.4, -0.2) is 35.9 Å². The Morgan fingerprint density at radius 2 is 2.00 bits per heavy atom. The molecule has 4 atom stereocenters. The van der Waals surface area contributed by atoms with Crippen LogP contribution in [0.1, 0.15) is 19.4 Å². The minimum Gasteiger partial charge on any atom is -0.430 e. The number of carbonyl (C=O) groups is 2. The molecule has 1 aliphatic heterocycles. The van der Waals surface area contributed by atoms with E-state index in [1.165, 1.54) is 0 Å². The molecular formula is C16H21NO5. The summed E-state index contributed by atoms with van der Waals surface area (Å²) in [6.45, 7) is 3.58. The Kier molecular flexibility index (Phi) is 5.38. The molecule has 1 fully saturated rings. The molecule has 3 unspecified atom stereocenters. The van der Waals surface area contributed by atoms with Gasteiger partial charge in [-0.15, -0.1) is 0 Å². The zero-order valence-corrected chi connectivity index (χ0v) is 12.7. The maximum Gasteiger partial charge on any atom is 0.508 e. The van der Waals surface area contributed by atoms with Crippen molar-refractivity contribution in [2.45, 2.75) is 32.6 Å². The maximum absolute atomic E-state index is 11.7. The van der Waals surface area contributed by atoms with Crippen LogP contribution in [0.3, 0.4) is 0 Å². The van der Waals surface area contributed by atoms with Gasteiger partial charge < -0.3 is 19.9 Å². The number of amides is 1. The minimum atomic E-state index is -0.800. The normalized spacial score (nSPS) is 23.0. The maximum atomic E-state index is 11.7. The second-order valence-electron chi connectivity index (χ2n) is 5.57. The molecular weight excluding hydrogens is 286 g/mol. The van der Waals surface area contributed by atoms with Gasteiger partial charge in [-0.05, 0) is 12.5 Å². The van der Waals surface area contributed by atoms with Crippen LogP contribution in [-0.2, 0) is 20.9 Å². The summed E-state index contributed by atoms with van der Waals surface area (Å²) in [4.78, 5) is 23.3. The van der Waals surface area contributed by atoms with E-state index in [0.717, 1.165) is 5.56 Å². The third-order valence-corrected chi connectivity index (χ3v) is 3.89. The van der Waals surface area contributed by atoms with Crippen LogP contribution in [0.4, 0.5) is 4.79 Å². The van der Waals surface area contributed by atoms with Gasteiger partial charge in [0.2, 0.25) is 5.91 Å². The molecule has 1 amide bonds. The summed E-state index contributed by atoms with van der Waals surface area (Å²) in [5.41, 5.74) is 0.861. The first-order valence-corrected chi connectivity index (χ1v) is 7.31. The van der Waals surface area contributed by atoms with Gasteiger partial charge in [0, 0.05) is 18.6 Å². The molecule has 1 aromatic rings. The van der Waals surface area contributed by atoms with E-state index in [-0.39, 0.29) is 31.1 Å². The second kappa shape index (κ2) is 7.26. The van der Waals surface area contributed by atoms with Gasteiger partial charge in [-0.2, -0.15) is 0 Å². The zero-order valence-electron chi connectivity index (χ0n) is 12.7. The number of rotatable bonds is 6. The van der Waals surface area contributed by atoms with E-state index in [1.54, 1.807) is 6.92 Å². The van der Waals surface area contributed by atoms with E-state index in [9.17, 15) is 9.59 Å². The Hall–Kier alpha value is -2.08. The van der Waals surface area contributed by atoms with E-state index in [4.69, 9.17) is 14.6 Å². The monoisotopic (exact) mass is 307 g/mol. The number of hydrogen-bond acceptors (Lipinski definition) is 5. The molecule has 1 aromatic carbocycles. The SMILES string of the molecule is CC(OC(=O)OCc1ccccc1)C1C(=O)NC1[C@@H](C)CO. The highest BCUT2D eigenvalue weighted by molar-refractivity contribution is 5.86. The highest BCUT2D eigenvalue weighted by Gasteiger charge is 2.46. The van der Waals surface area contributed by atoms with Gasteiger partial charge in [0.15, 0.2) is 0 Å². The molecule has 0 aliphatic carbocycles. The molecule has 2 N–H and O–H groups in total. The minimum absolute atomic E-state index is 0.0351. The molecule has 6 heteroatoms. The highest BCUT2D eigenvalue weighted by Crippen LogP contribution is 2.27. The van der Waals surface area contributed by atoms with Crippen LogP contribution in [0.5, 0.6) is 0 Å². The van der Waals surface area contributed by atoms with E-state index < -0.39 is 18.2 Å². The van der Waals surface area contributed by atoms with Crippen LogP contribution in [0.15, 0.2) is 30.3 Å². The van der Waals surface area contributed by atoms with Crippen LogP contribution in [0.25, 0.3) is 0 Å². The fourth-order valence-electron chi connectivity index (χ4n) is 2.51. The predicted molar refractivity (Wildman–Crippen MR) is 78.8 cm³/mol. The second-order valence-corrected chi connectivity index (χ2v) is 5.57. The smallest absolute Gasteiger partial charge is 0.430 e. The lowest BCUT2D eigenvalue weighted by atomic mass is 9.79. The largest absolute Gasteiger partial charge is 0.508 e.